The van der Waals surface area contributed by atoms with Gasteiger partial charge in [-0.2, -0.15) is 0 Å². The largest absolute Gasteiger partial charge is 0.383 e. The van der Waals surface area contributed by atoms with Crippen molar-refractivity contribution < 1.29 is 4.39 Å². The molecule has 0 aliphatic heterocycles. The molecule has 0 radical (unpaired) electrons. The zero-order chi connectivity index (χ0) is 13.0. The zero-order valence-electron chi connectivity index (χ0n) is 10.2. The molecule has 3 nitrogen and oxygen atoms in total. The molecule has 0 unspecified atom stereocenters. The number of hydrogen-bond donors (Lipinski definition) is 1. The second kappa shape index (κ2) is 5.49. The number of benzene rings is 1. The van der Waals surface area contributed by atoms with Crippen LogP contribution in [0.1, 0.15) is 5.69 Å². The number of halogens is 1. The monoisotopic (exact) mass is 246 g/mol. The Hall–Kier alpha value is -2.10. The molecular weight excluding hydrogens is 231 g/mol. The number of aryl methyl sites for hydroxylation is 1. The third-order valence-corrected chi connectivity index (χ3v) is 2.76. The van der Waals surface area contributed by atoms with Gasteiger partial charge in [-0.15, -0.1) is 0 Å². The lowest BCUT2D eigenvalue weighted by Gasteiger charge is -2.11. The molecule has 2 aromatic rings. The second-order valence-corrected chi connectivity index (χ2v) is 4.09. The van der Waals surface area contributed by atoms with Gasteiger partial charge in [0.05, 0.1) is 0 Å². The van der Waals surface area contributed by atoms with Gasteiger partial charge < -0.3 is 9.88 Å². The normalized spacial score (nSPS) is 10.3. The Morgan fingerprint density at radius 1 is 1.22 bits per heavy atom. The molecule has 0 aliphatic rings. The second-order valence-electron chi connectivity index (χ2n) is 4.09. The molecule has 18 heavy (non-hydrogen) atoms. The lowest BCUT2D eigenvalue weighted by molar-refractivity contribution is 0.627. The molecule has 4 heteroatoms. The lowest BCUT2D eigenvalue weighted by atomic mass is 10.3. The van der Waals surface area contributed by atoms with E-state index in [1.807, 2.05) is 13.0 Å². The van der Waals surface area contributed by atoms with Crippen LogP contribution in [0.3, 0.4) is 0 Å². The van der Waals surface area contributed by atoms with Crippen molar-refractivity contribution in [3.8, 4) is 0 Å². The summed E-state index contributed by atoms with van der Waals surface area (Å²) in [5, 5.41) is 3.09. The summed E-state index contributed by atoms with van der Waals surface area (Å²) in [6, 6.07) is 11.5. The number of anilines is 1. The van der Waals surface area contributed by atoms with Crippen LogP contribution in [-0.4, -0.2) is 11.1 Å². The van der Waals surface area contributed by atoms with Crippen LogP contribution in [0.15, 0.2) is 47.3 Å². The van der Waals surface area contributed by atoms with Gasteiger partial charge in [-0.05, 0) is 31.2 Å². The van der Waals surface area contributed by atoms with Gasteiger partial charge in [-0.3, -0.25) is 4.79 Å². The van der Waals surface area contributed by atoms with Crippen molar-refractivity contribution in [1.29, 1.82) is 0 Å². The van der Waals surface area contributed by atoms with Crippen LogP contribution in [0, 0.1) is 12.7 Å². The topological polar surface area (TPSA) is 34.0 Å². The van der Waals surface area contributed by atoms with E-state index in [1.165, 1.54) is 18.2 Å². The maximum atomic E-state index is 13.0. The number of hydrogen-bond acceptors (Lipinski definition) is 2. The van der Waals surface area contributed by atoms with E-state index in [0.717, 1.165) is 11.4 Å². The molecule has 0 aliphatic carbocycles. The first-order valence-electron chi connectivity index (χ1n) is 5.83. The number of rotatable bonds is 4. The van der Waals surface area contributed by atoms with Gasteiger partial charge in [-0.1, -0.05) is 12.1 Å². The summed E-state index contributed by atoms with van der Waals surface area (Å²) in [6.07, 6.45) is 0. The van der Waals surface area contributed by atoms with Crippen LogP contribution in [-0.2, 0) is 6.54 Å². The molecule has 2 rings (SSSR count). The van der Waals surface area contributed by atoms with Crippen molar-refractivity contribution in [2.75, 3.05) is 11.9 Å². The molecule has 1 N–H and O–H groups in total. The molecule has 1 aromatic carbocycles. The number of nitrogens with zero attached hydrogens (tertiary/aromatic N) is 1. The Labute approximate surface area is 105 Å². The quantitative estimate of drug-likeness (QED) is 0.898. The molecule has 0 saturated heterocycles. The van der Waals surface area contributed by atoms with E-state index >= 15 is 0 Å². The average molecular weight is 246 g/mol. The van der Waals surface area contributed by atoms with E-state index in [-0.39, 0.29) is 11.4 Å². The van der Waals surface area contributed by atoms with Crippen LogP contribution >= 0.6 is 0 Å². The highest BCUT2D eigenvalue weighted by Crippen LogP contribution is 2.08. The predicted molar refractivity (Wildman–Crippen MR) is 70.3 cm³/mol. The Balaban J connectivity index is 1.99. The Kier molecular flexibility index (Phi) is 3.77. The van der Waals surface area contributed by atoms with E-state index in [0.29, 0.717) is 13.1 Å². The molecule has 0 saturated carbocycles. The minimum Gasteiger partial charge on any atom is -0.383 e. The molecule has 1 heterocycles. The highest BCUT2D eigenvalue weighted by Gasteiger charge is 1.99. The molecular formula is C14H15FN2O. The third kappa shape index (κ3) is 2.97. The molecule has 0 spiro atoms. The van der Waals surface area contributed by atoms with Gasteiger partial charge >= 0.3 is 0 Å². The first-order chi connectivity index (χ1) is 8.66. The SMILES string of the molecule is Cc1cccc(=O)n1CCNc1cccc(F)c1. The first kappa shape index (κ1) is 12.4. The zero-order valence-corrected chi connectivity index (χ0v) is 10.2. The number of nitrogens with one attached hydrogen (secondary N) is 1. The standard InChI is InChI=1S/C14H15FN2O/c1-11-4-2-7-14(18)17(11)9-8-16-13-6-3-5-12(15)10-13/h2-7,10,16H,8-9H2,1H3. The van der Waals surface area contributed by atoms with Gasteiger partial charge in [0.15, 0.2) is 0 Å². The fourth-order valence-corrected chi connectivity index (χ4v) is 1.82. The number of aromatic nitrogens is 1. The minimum absolute atomic E-state index is 0.0176. The molecule has 1 aromatic heterocycles. The first-order valence-corrected chi connectivity index (χ1v) is 5.83. The molecule has 0 bridgehead atoms. The Morgan fingerprint density at radius 2 is 2.00 bits per heavy atom. The molecule has 0 amide bonds. The van der Waals surface area contributed by atoms with E-state index in [4.69, 9.17) is 0 Å². The smallest absolute Gasteiger partial charge is 0.250 e. The molecule has 0 atom stereocenters. The summed E-state index contributed by atoms with van der Waals surface area (Å²) in [4.78, 5) is 11.6. The highest BCUT2D eigenvalue weighted by molar-refractivity contribution is 5.42. The van der Waals surface area contributed by atoms with E-state index in [9.17, 15) is 9.18 Å². The summed E-state index contributed by atoms with van der Waals surface area (Å²) in [5.41, 5.74) is 1.62. The van der Waals surface area contributed by atoms with Crippen LogP contribution < -0.4 is 10.9 Å². The van der Waals surface area contributed by atoms with Crippen LogP contribution in [0.25, 0.3) is 0 Å². The van der Waals surface area contributed by atoms with E-state index in [2.05, 4.69) is 5.32 Å². The van der Waals surface area contributed by atoms with Gasteiger partial charge in [0.25, 0.3) is 5.56 Å². The predicted octanol–water partition coefficient (Wildman–Crippen LogP) is 2.41. The summed E-state index contributed by atoms with van der Waals surface area (Å²) < 4.78 is 14.6. The fourth-order valence-electron chi connectivity index (χ4n) is 1.82. The van der Waals surface area contributed by atoms with Crippen LogP contribution in [0.5, 0.6) is 0 Å². The maximum Gasteiger partial charge on any atom is 0.250 e. The van der Waals surface area contributed by atoms with Gasteiger partial charge in [-0.25, -0.2) is 4.39 Å². The van der Waals surface area contributed by atoms with Crippen molar-refractivity contribution in [2.45, 2.75) is 13.5 Å². The van der Waals surface area contributed by atoms with Crippen LogP contribution in [0.2, 0.25) is 0 Å². The summed E-state index contributed by atoms with van der Waals surface area (Å²) in [6.45, 7) is 3.03. The van der Waals surface area contributed by atoms with Crippen molar-refractivity contribution in [2.24, 2.45) is 0 Å². The minimum atomic E-state index is -0.270. The summed E-state index contributed by atoms with van der Waals surface area (Å²) in [5.74, 6) is -0.270. The van der Waals surface area contributed by atoms with Crippen molar-refractivity contribution >= 4 is 5.69 Å². The van der Waals surface area contributed by atoms with Gasteiger partial charge in [0.1, 0.15) is 5.82 Å². The van der Waals surface area contributed by atoms with Crippen molar-refractivity contribution in [1.82, 2.24) is 4.57 Å². The molecule has 0 fully saturated rings. The highest BCUT2D eigenvalue weighted by atomic mass is 19.1. The van der Waals surface area contributed by atoms with E-state index in [1.54, 1.807) is 22.8 Å². The third-order valence-electron chi connectivity index (χ3n) is 2.76. The average Bonchev–Trinajstić information content (AvgIpc) is 2.33. The van der Waals surface area contributed by atoms with Gasteiger partial charge in [0, 0.05) is 30.5 Å². The van der Waals surface area contributed by atoms with Crippen LogP contribution in [0.4, 0.5) is 10.1 Å². The molecule has 94 valence electrons. The summed E-state index contributed by atoms with van der Waals surface area (Å²) in [7, 11) is 0. The Morgan fingerprint density at radius 3 is 2.72 bits per heavy atom. The van der Waals surface area contributed by atoms with Crippen molar-refractivity contribution in [3.63, 3.8) is 0 Å². The Bertz CT molecular complexity index is 592. The fraction of sp³-hybridized carbons (Fsp3) is 0.214. The van der Waals surface area contributed by atoms with Gasteiger partial charge in [0.2, 0.25) is 0 Å². The maximum absolute atomic E-state index is 13.0. The van der Waals surface area contributed by atoms with E-state index < -0.39 is 0 Å². The lowest BCUT2D eigenvalue weighted by Crippen LogP contribution is -2.24. The number of pyridine rings is 1. The van der Waals surface area contributed by atoms with Crippen molar-refractivity contribution in [3.05, 3.63) is 64.3 Å². The summed E-state index contributed by atoms with van der Waals surface area (Å²) >= 11 is 0.